The van der Waals surface area contributed by atoms with E-state index in [1.54, 1.807) is 6.26 Å². The topological polar surface area (TPSA) is 37.3 Å². The molecular weight excluding hydrogens is 184 g/mol. The molecule has 0 aliphatic carbocycles. The van der Waals surface area contributed by atoms with Gasteiger partial charge < -0.3 is 5.11 Å². The molecule has 1 aromatic rings. The third kappa shape index (κ3) is 2.49. The normalized spacial score (nSPS) is 12.5. The summed E-state index contributed by atoms with van der Waals surface area (Å²) in [5.74, 6) is -0.781. The van der Waals surface area contributed by atoms with Crippen molar-refractivity contribution in [2.75, 3.05) is 6.26 Å². The summed E-state index contributed by atoms with van der Waals surface area (Å²) in [6, 6.07) is 7.60. The van der Waals surface area contributed by atoms with Crippen LogP contribution in [0.2, 0.25) is 0 Å². The number of benzene rings is 1. The number of carboxylic acid groups (broad SMARTS) is 1. The molecule has 70 valence electrons. The SMILES string of the molecule is CSC(C(=O)O)c1ccc(C)cc1. The van der Waals surface area contributed by atoms with Crippen molar-refractivity contribution < 1.29 is 9.90 Å². The highest BCUT2D eigenvalue weighted by atomic mass is 32.2. The molecule has 0 aliphatic rings. The van der Waals surface area contributed by atoms with Crippen LogP contribution in [0.15, 0.2) is 24.3 Å². The number of carbonyl (C=O) groups is 1. The Bertz CT molecular complexity index is 292. The number of thioether (sulfide) groups is 1. The molecule has 3 heteroatoms. The van der Waals surface area contributed by atoms with Crippen molar-refractivity contribution in [1.29, 1.82) is 0 Å². The van der Waals surface area contributed by atoms with Gasteiger partial charge in [0.25, 0.3) is 0 Å². The van der Waals surface area contributed by atoms with E-state index < -0.39 is 11.2 Å². The van der Waals surface area contributed by atoms with Gasteiger partial charge in [0.2, 0.25) is 0 Å². The summed E-state index contributed by atoms with van der Waals surface area (Å²) in [5, 5.41) is 8.43. The van der Waals surface area contributed by atoms with Crippen LogP contribution in [0, 0.1) is 6.92 Å². The van der Waals surface area contributed by atoms with Crippen LogP contribution < -0.4 is 0 Å². The zero-order valence-electron chi connectivity index (χ0n) is 7.65. The average Bonchev–Trinajstić information content (AvgIpc) is 2.09. The summed E-state index contributed by atoms with van der Waals surface area (Å²) in [4.78, 5) is 10.8. The molecule has 0 radical (unpaired) electrons. The summed E-state index contributed by atoms with van der Waals surface area (Å²) in [5.41, 5.74) is 2.00. The van der Waals surface area contributed by atoms with Crippen LogP contribution in [0.5, 0.6) is 0 Å². The molecule has 0 aromatic heterocycles. The molecule has 1 unspecified atom stereocenters. The van der Waals surface area contributed by atoms with Gasteiger partial charge >= 0.3 is 5.97 Å². The van der Waals surface area contributed by atoms with E-state index >= 15 is 0 Å². The first kappa shape index (κ1) is 10.1. The minimum Gasteiger partial charge on any atom is -0.480 e. The smallest absolute Gasteiger partial charge is 0.321 e. The van der Waals surface area contributed by atoms with Crippen molar-refractivity contribution >= 4 is 17.7 Å². The zero-order chi connectivity index (χ0) is 9.84. The Hall–Kier alpha value is -0.960. The van der Waals surface area contributed by atoms with E-state index in [-0.39, 0.29) is 0 Å². The molecule has 0 saturated carbocycles. The number of rotatable bonds is 3. The van der Waals surface area contributed by atoms with Gasteiger partial charge in [-0.1, -0.05) is 29.8 Å². The van der Waals surface area contributed by atoms with Crippen LogP contribution in [-0.2, 0) is 4.79 Å². The van der Waals surface area contributed by atoms with Crippen molar-refractivity contribution in [3.8, 4) is 0 Å². The monoisotopic (exact) mass is 196 g/mol. The Balaban J connectivity index is 2.92. The van der Waals surface area contributed by atoms with Crippen molar-refractivity contribution in [3.63, 3.8) is 0 Å². The van der Waals surface area contributed by atoms with E-state index in [4.69, 9.17) is 5.11 Å². The Kier molecular flexibility index (Phi) is 3.37. The number of hydrogen-bond donors (Lipinski definition) is 1. The van der Waals surface area contributed by atoms with Gasteiger partial charge in [-0.3, -0.25) is 4.79 Å². The Morgan fingerprint density at radius 2 is 1.92 bits per heavy atom. The molecule has 0 saturated heterocycles. The van der Waals surface area contributed by atoms with Crippen molar-refractivity contribution in [3.05, 3.63) is 35.4 Å². The Labute approximate surface area is 82.0 Å². The van der Waals surface area contributed by atoms with Gasteiger partial charge in [-0.05, 0) is 18.7 Å². The first-order valence-corrected chi connectivity index (χ1v) is 5.26. The lowest BCUT2D eigenvalue weighted by Gasteiger charge is -2.09. The third-order valence-corrected chi connectivity index (χ3v) is 2.79. The van der Waals surface area contributed by atoms with E-state index in [0.29, 0.717) is 0 Å². The second-order valence-corrected chi connectivity index (χ2v) is 3.81. The average molecular weight is 196 g/mol. The fraction of sp³-hybridized carbons (Fsp3) is 0.300. The van der Waals surface area contributed by atoms with Gasteiger partial charge in [0, 0.05) is 0 Å². The standard InChI is InChI=1S/C10H12O2S/c1-7-3-5-8(6-4-7)9(13-2)10(11)12/h3-6,9H,1-2H3,(H,11,12). The van der Waals surface area contributed by atoms with E-state index in [1.807, 2.05) is 31.2 Å². The van der Waals surface area contributed by atoms with Gasteiger partial charge in [0.1, 0.15) is 5.25 Å². The van der Waals surface area contributed by atoms with E-state index in [2.05, 4.69) is 0 Å². The van der Waals surface area contributed by atoms with Crippen LogP contribution in [0.25, 0.3) is 0 Å². The first-order chi connectivity index (χ1) is 6.15. The second-order valence-electron chi connectivity index (χ2n) is 2.86. The second kappa shape index (κ2) is 4.33. The van der Waals surface area contributed by atoms with Crippen molar-refractivity contribution in [2.45, 2.75) is 12.2 Å². The summed E-state index contributed by atoms with van der Waals surface area (Å²) < 4.78 is 0. The molecule has 0 heterocycles. The molecular formula is C10H12O2S. The highest BCUT2D eigenvalue weighted by Gasteiger charge is 2.17. The maximum Gasteiger partial charge on any atom is 0.321 e. The molecule has 0 bridgehead atoms. The van der Waals surface area contributed by atoms with Gasteiger partial charge in [0.05, 0.1) is 0 Å². The summed E-state index contributed by atoms with van der Waals surface area (Å²) in [6.45, 7) is 1.98. The van der Waals surface area contributed by atoms with Gasteiger partial charge in [-0.15, -0.1) is 11.8 Å². The first-order valence-electron chi connectivity index (χ1n) is 3.97. The van der Waals surface area contributed by atoms with E-state index in [9.17, 15) is 4.79 Å². The molecule has 1 atom stereocenters. The van der Waals surface area contributed by atoms with Gasteiger partial charge in [-0.2, -0.15) is 0 Å². The number of aliphatic carboxylic acids is 1. The van der Waals surface area contributed by atoms with Crippen LogP contribution in [0.3, 0.4) is 0 Å². The largest absolute Gasteiger partial charge is 0.480 e. The minimum atomic E-state index is -0.781. The fourth-order valence-electron chi connectivity index (χ4n) is 1.12. The lowest BCUT2D eigenvalue weighted by Crippen LogP contribution is -2.07. The molecule has 1 N–H and O–H groups in total. The number of hydrogen-bond acceptors (Lipinski definition) is 2. The van der Waals surface area contributed by atoms with Gasteiger partial charge in [-0.25, -0.2) is 0 Å². The third-order valence-electron chi connectivity index (χ3n) is 1.84. The van der Waals surface area contributed by atoms with Crippen LogP contribution in [-0.4, -0.2) is 17.3 Å². The van der Waals surface area contributed by atoms with Crippen LogP contribution >= 0.6 is 11.8 Å². The molecule has 0 amide bonds. The predicted molar refractivity (Wildman–Crippen MR) is 55.1 cm³/mol. The highest BCUT2D eigenvalue weighted by molar-refractivity contribution is 7.99. The molecule has 0 aliphatic heterocycles. The quantitative estimate of drug-likeness (QED) is 0.807. The molecule has 13 heavy (non-hydrogen) atoms. The minimum absolute atomic E-state index is 0.444. The highest BCUT2D eigenvalue weighted by Crippen LogP contribution is 2.26. The Morgan fingerprint density at radius 3 is 2.31 bits per heavy atom. The zero-order valence-corrected chi connectivity index (χ0v) is 8.47. The fourth-order valence-corrected chi connectivity index (χ4v) is 1.75. The molecule has 2 nitrogen and oxygen atoms in total. The molecule has 0 fully saturated rings. The number of aryl methyl sites for hydroxylation is 1. The van der Waals surface area contributed by atoms with Crippen LogP contribution in [0.1, 0.15) is 16.4 Å². The van der Waals surface area contributed by atoms with E-state index in [1.165, 1.54) is 11.8 Å². The molecule has 0 spiro atoms. The maximum atomic E-state index is 10.8. The number of carboxylic acids is 1. The Morgan fingerprint density at radius 1 is 1.38 bits per heavy atom. The van der Waals surface area contributed by atoms with E-state index in [0.717, 1.165) is 11.1 Å². The lowest BCUT2D eigenvalue weighted by atomic mass is 10.1. The van der Waals surface area contributed by atoms with Crippen molar-refractivity contribution in [1.82, 2.24) is 0 Å². The molecule has 1 rings (SSSR count). The summed E-state index contributed by atoms with van der Waals surface area (Å²) >= 11 is 1.34. The van der Waals surface area contributed by atoms with Crippen LogP contribution in [0.4, 0.5) is 0 Å². The summed E-state index contributed by atoms with van der Waals surface area (Å²) in [7, 11) is 0. The lowest BCUT2D eigenvalue weighted by molar-refractivity contribution is -0.136. The molecule has 1 aromatic carbocycles. The van der Waals surface area contributed by atoms with Crippen molar-refractivity contribution in [2.24, 2.45) is 0 Å². The summed E-state index contributed by atoms with van der Waals surface area (Å²) in [6.07, 6.45) is 1.80. The maximum absolute atomic E-state index is 10.8. The van der Waals surface area contributed by atoms with Gasteiger partial charge in [0.15, 0.2) is 0 Å². The predicted octanol–water partition coefficient (Wildman–Crippen LogP) is 2.48.